The van der Waals surface area contributed by atoms with Gasteiger partial charge >= 0.3 is 11.9 Å². The summed E-state index contributed by atoms with van der Waals surface area (Å²) in [6.07, 6.45) is 4.79. The second kappa shape index (κ2) is 11.6. The molecule has 34 heavy (non-hydrogen) atoms. The van der Waals surface area contributed by atoms with Crippen molar-refractivity contribution in [3.63, 3.8) is 0 Å². The van der Waals surface area contributed by atoms with Crippen LogP contribution in [0.1, 0.15) is 90.3 Å². The number of ether oxygens (including phenoxy) is 1. The average molecular weight is 459 g/mol. The molecule has 4 nitrogen and oxygen atoms in total. The van der Waals surface area contributed by atoms with E-state index in [-0.39, 0.29) is 11.9 Å². The van der Waals surface area contributed by atoms with Crippen LogP contribution in [0, 0.1) is 0 Å². The van der Waals surface area contributed by atoms with Crippen molar-refractivity contribution >= 4 is 11.9 Å². The van der Waals surface area contributed by atoms with Crippen molar-refractivity contribution in [2.45, 2.75) is 65.7 Å². The van der Waals surface area contributed by atoms with Gasteiger partial charge in [-0.2, -0.15) is 0 Å². The van der Waals surface area contributed by atoms with Crippen LogP contribution in [0.25, 0.3) is 11.1 Å². The van der Waals surface area contributed by atoms with Crippen LogP contribution in [0.3, 0.4) is 0 Å². The van der Waals surface area contributed by atoms with Gasteiger partial charge in [-0.25, -0.2) is 9.59 Å². The smallest absolute Gasteiger partial charge is 0.343 e. The minimum Gasteiger partial charge on any atom is -0.478 e. The minimum absolute atomic E-state index is 0.265. The van der Waals surface area contributed by atoms with Crippen LogP contribution >= 0.6 is 0 Å². The Morgan fingerprint density at radius 1 is 0.912 bits per heavy atom. The fourth-order valence-corrected chi connectivity index (χ4v) is 4.25. The van der Waals surface area contributed by atoms with Gasteiger partial charge in [0.05, 0.1) is 11.1 Å². The fraction of sp³-hybridized carbons (Fsp3) is 0.333. The van der Waals surface area contributed by atoms with Crippen molar-refractivity contribution in [1.82, 2.24) is 0 Å². The number of aryl methyl sites for hydroxylation is 2. The maximum atomic E-state index is 12.7. The van der Waals surface area contributed by atoms with Gasteiger partial charge in [-0.15, -0.1) is 0 Å². The predicted octanol–water partition coefficient (Wildman–Crippen LogP) is 7.69. The molecule has 0 spiro atoms. The number of benzene rings is 3. The first-order valence-corrected chi connectivity index (χ1v) is 12.2. The van der Waals surface area contributed by atoms with Crippen molar-refractivity contribution in [3.05, 3.63) is 88.5 Å². The highest BCUT2D eigenvalue weighted by atomic mass is 16.5. The van der Waals surface area contributed by atoms with Gasteiger partial charge in [-0.1, -0.05) is 70.9 Å². The average Bonchev–Trinajstić information content (AvgIpc) is 2.86. The van der Waals surface area contributed by atoms with E-state index in [1.165, 1.54) is 5.56 Å². The van der Waals surface area contributed by atoms with Crippen molar-refractivity contribution in [2.75, 3.05) is 0 Å². The van der Waals surface area contributed by atoms with Gasteiger partial charge in [0.1, 0.15) is 5.75 Å². The normalized spacial score (nSPS) is 11.8. The molecule has 0 saturated heterocycles. The van der Waals surface area contributed by atoms with E-state index in [4.69, 9.17) is 4.74 Å². The fourth-order valence-electron chi connectivity index (χ4n) is 4.25. The molecule has 0 saturated carbocycles. The highest BCUT2D eigenvalue weighted by molar-refractivity contribution is 5.92. The quantitative estimate of drug-likeness (QED) is 0.250. The maximum Gasteiger partial charge on any atom is 0.343 e. The molecular formula is C30H34O4. The molecule has 3 aromatic rings. The van der Waals surface area contributed by atoms with Crippen molar-refractivity contribution in [2.24, 2.45) is 0 Å². The summed E-state index contributed by atoms with van der Waals surface area (Å²) < 4.78 is 5.74. The summed E-state index contributed by atoms with van der Waals surface area (Å²) in [6.45, 7) is 8.41. The van der Waals surface area contributed by atoms with E-state index in [0.717, 1.165) is 47.9 Å². The van der Waals surface area contributed by atoms with E-state index < -0.39 is 5.97 Å². The Morgan fingerprint density at radius 2 is 1.65 bits per heavy atom. The molecule has 0 radical (unpaired) electrons. The third-order valence-electron chi connectivity index (χ3n) is 6.38. The lowest BCUT2D eigenvalue weighted by atomic mass is 9.87. The molecule has 0 aromatic heterocycles. The summed E-state index contributed by atoms with van der Waals surface area (Å²) in [5.74, 6) is -0.498. The van der Waals surface area contributed by atoms with Crippen LogP contribution in [0.5, 0.6) is 5.75 Å². The number of carbonyl (C=O) groups is 2. The molecule has 1 atom stereocenters. The monoisotopic (exact) mass is 458 g/mol. The zero-order valence-corrected chi connectivity index (χ0v) is 20.6. The predicted molar refractivity (Wildman–Crippen MR) is 137 cm³/mol. The largest absolute Gasteiger partial charge is 0.478 e. The number of hydrogen-bond acceptors (Lipinski definition) is 3. The Labute approximate surface area is 202 Å². The lowest BCUT2D eigenvalue weighted by molar-refractivity contribution is 0.0693. The molecule has 178 valence electrons. The third kappa shape index (κ3) is 5.93. The highest BCUT2D eigenvalue weighted by Crippen LogP contribution is 2.36. The van der Waals surface area contributed by atoms with Crippen LogP contribution in [0.2, 0.25) is 0 Å². The Balaban J connectivity index is 1.97. The van der Waals surface area contributed by atoms with Gasteiger partial charge in [0.2, 0.25) is 0 Å². The van der Waals surface area contributed by atoms with Crippen LogP contribution in [-0.2, 0) is 12.8 Å². The summed E-state index contributed by atoms with van der Waals surface area (Å²) in [6, 6.07) is 18.8. The van der Waals surface area contributed by atoms with Crippen LogP contribution in [0.15, 0.2) is 60.7 Å². The van der Waals surface area contributed by atoms with E-state index in [0.29, 0.717) is 23.3 Å². The number of esters is 1. The Hall–Kier alpha value is -3.40. The number of unbranched alkanes of at least 4 members (excludes halogenated alkanes) is 1. The van der Waals surface area contributed by atoms with E-state index >= 15 is 0 Å². The van der Waals surface area contributed by atoms with E-state index in [9.17, 15) is 14.7 Å². The summed E-state index contributed by atoms with van der Waals surface area (Å²) in [5, 5.41) is 9.49. The van der Waals surface area contributed by atoms with Gasteiger partial charge in [0, 0.05) is 0 Å². The molecule has 3 aromatic carbocycles. The van der Waals surface area contributed by atoms with E-state index in [2.05, 4.69) is 20.8 Å². The van der Waals surface area contributed by atoms with Gasteiger partial charge in [0.15, 0.2) is 0 Å². The zero-order chi connectivity index (χ0) is 24.7. The number of carbonyl (C=O) groups excluding carboxylic acids is 1. The number of carboxylic acid groups (broad SMARTS) is 1. The first-order valence-electron chi connectivity index (χ1n) is 12.2. The molecule has 0 heterocycles. The van der Waals surface area contributed by atoms with Gasteiger partial charge in [0.25, 0.3) is 0 Å². The topological polar surface area (TPSA) is 63.6 Å². The summed E-state index contributed by atoms with van der Waals surface area (Å²) in [7, 11) is 0. The molecule has 0 fully saturated rings. The molecule has 3 rings (SSSR count). The Kier molecular flexibility index (Phi) is 8.64. The molecule has 0 amide bonds. The molecule has 0 aliphatic rings. The molecule has 0 aliphatic carbocycles. The molecule has 0 unspecified atom stereocenters. The number of rotatable bonds is 10. The second-order valence-electron chi connectivity index (χ2n) is 8.76. The highest BCUT2D eigenvalue weighted by Gasteiger charge is 2.17. The Bertz CT molecular complexity index is 1140. The molecule has 4 heteroatoms. The molecular weight excluding hydrogens is 424 g/mol. The zero-order valence-electron chi connectivity index (χ0n) is 20.6. The summed E-state index contributed by atoms with van der Waals surface area (Å²) in [4.78, 5) is 24.3. The van der Waals surface area contributed by atoms with E-state index in [1.807, 2.05) is 49.4 Å². The lowest BCUT2D eigenvalue weighted by Gasteiger charge is -2.19. The maximum absolute atomic E-state index is 12.7. The molecule has 1 N–H and O–H groups in total. The first-order chi connectivity index (χ1) is 16.4. The number of aromatic carboxylic acids is 1. The summed E-state index contributed by atoms with van der Waals surface area (Å²) >= 11 is 0. The lowest BCUT2D eigenvalue weighted by Crippen LogP contribution is -2.09. The number of hydrogen-bond donors (Lipinski definition) is 1. The van der Waals surface area contributed by atoms with Crippen LogP contribution < -0.4 is 4.74 Å². The minimum atomic E-state index is -0.908. The van der Waals surface area contributed by atoms with Gasteiger partial charge in [-0.3, -0.25) is 0 Å². The Morgan fingerprint density at radius 3 is 2.26 bits per heavy atom. The van der Waals surface area contributed by atoms with Crippen molar-refractivity contribution < 1.29 is 19.4 Å². The first kappa shape index (κ1) is 25.2. The van der Waals surface area contributed by atoms with Gasteiger partial charge < -0.3 is 9.84 Å². The standard InChI is InChI=1S/C30H34O4/c1-5-8-9-20(4)28-19-25(34-30(33)23-12-10-21(6-2)11-13-23)15-17-26(28)24-14-16-27(29(31)32)22(7-3)18-24/h10-20H,5-9H2,1-4H3,(H,31,32)/t20-/m1/s1. The number of carboxylic acids is 1. The van der Waals surface area contributed by atoms with Crippen LogP contribution in [-0.4, -0.2) is 17.0 Å². The SMILES string of the molecule is CCCC[C@@H](C)c1cc(OC(=O)c2ccc(CC)cc2)ccc1-c1ccc(C(=O)O)c(CC)c1. The van der Waals surface area contributed by atoms with Crippen molar-refractivity contribution in [3.8, 4) is 16.9 Å². The van der Waals surface area contributed by atoms with Gasteiger partial charge in [-0.05, 0) is 83.3 Å². The van der Waals surface area contributed by atoms with Crippen LogP contribution in [0.4, 0.5) is 0 Å². The third-order valence-corrected chi connectivity index (χ3v) is 6.38. The second-order valence-corrected chi connectivity index (χ2v) is 8.76. The van der Waals surface area contributed by atoms with E-state index in [1.54, 1.807) is 18.2 Å². The van der Waals surface area contributed by atoms with Crippen molar-refractivity contribution in [1.29, 1.82) is 0 Å². The molecule has 0 bridgehead atoms. The summed E-state index contributed by atoms with van der Waals surface area (Å²) in [5.41, 5.74) is 5.97. The molecule has 0 aliphatic heterocycles.